The molecular formula is C10H9N3O4S. The number of hydrogen-bond donors (Lipinski definition) is 1. The van der Waals surface area contributed by atoms with Crippen molar-refractivity contribution in [3.63, 3.8) is 0 Å². The molecule has 0 spiro atoms. The predicted octanol–water partition coefficient (Wildman–Crippen LogP) is 1.77. The molecule has 1 aromatic heterocycles. The molecule has 0 saturated carbocycles. The number of aliphatic imine (C=N–C) groups is 1. The number of nitro groups is 1. The minimum Gasteiger partial charge on any atom is -0.401 e. The van der Waals surface area contributed by atoms with Gasteiger partial charge in [-0.25, -0.2) is 0 Å². The number of thioether (sulfide) groups is 1. The quantitative estimate of drug-likeness (QED) is 0.511. The first-order valence-corrected chi connectivity index (χ1v) is 5.91. The Balaban J connectivity index is 2.20. The molecule has 1 N–H and O–H groups in total. The van der Waals surface area contributed by atoms with Crippen molar-refractivity contribution < 1.29 is 14.1 Å². The zero-order valence-corrected chi connectivity index (χ0v) is 10.2. The Labute approximate surface area is 106 Å². The highest BCUT2D eigenvalue weighted by atomic mass is 32.2. The van der Waals surface area contributed by atoms with Crippen LogP contribution in [0.4, 0.5) is 5.88 Å². The first-order chi connectivity index (χ1) is 8.60. The standard InChI is InChI=1S/C10H9N3O4S/c1-2-11-10-12-9(14)7(18-10)5-6-3-4-8(17-6)13(15)16/h3-5H,2H2,1H3,(H,11,12,14). The molecule has 0 atom stereocenters. The molecule has 1 aliphatic rings. The lowest BCUT2D eigenvalue weighted by Gasteiger charge is -1.89. The Kier molecular flexibility index (Phi) is 3.47. The third-order valence-electron chi connectivity index (χ3n) is 2.02. The molecule has 94 valence electrons. The van der Waals surface area contributed by atoms with Crippen molar-refractivity contribution in [1.82, 2.24) is 5.32 Å². The van der Waals surface area contributed by atoms with Crippen molar-refractivity contribution in [3.8, 4) is 0 Å². The Hall–Kier alpha value is -2.09. The van der Waals surface area contributed by atoms with Crippen molar-refractivity contribution in [2.75, 3.05) is 6.54 Å². The average Bonchev–Trinajstić information content (AvgIpc) is 2.88. The van der Waals surface area contributed by atoms with Crippen LogP contribution in [0.1, 0.15) is 12.7 Å². The predicted molar refractivity (Wildman–Crippen MR) is 67.0 cm³/mol. The summed E-state index contributed by atoms with van der Waals surface area (Å²) in [5.41, 5.74) is 0. The number of nitrogens with one attached hydrogen (secondary N) is 1. The van der Waals surface area contributed by atoms with Crippen molar-refractivity contribution >= 4 is 34.8 Å². The van der Waals surface area contributed by atoms with Crippen LogP contribution in [-0.2, 0) is 4.79 Å². The lowest BCUT2D eigenvalue weighted by molar-refractivity contribution is -0.402. The summed E-state index contributed by atoms with van der Waals surface area (Å²) in [7, 11) is 0. The fourth-order valence-corrected chi connectivity index (χ4v) is 2.16. The molecule has 0 radical (unpaired) electrons. The molecule has 1 fully saturated rings. The molecule has 8 heteroatoms. The van der Waals surface area contributed by atoms with Crippen molar-refractivity contribution in [1.29, 1.82) is 0 Å². The third-order valence-corrected chi connectivity index (χ3v) is 2.97. The van der Waals surface area contributed by atoms with Gasteiger partial charge in [-0.15, -0.1) is 0 Å². The molecule has 1 amide bonds. The molecule has 0 bridgehead atoms. The van der Waals surface area contributed by atoms with E-state index in [-0.39, 0.29) is 17.6 Å². The van der Waals surface area contributed by atoms with E-state index in [9.17, 15) is 14.9 Å². The fraction of sp³-hybridized carbons (Fsp3) is 0.200. The summed E-state index contributed by atoms with van der Waals surface area (Å²) in [4.78, 5) is 25.8. The number of carbonyl (C=O) groups is 1. The highest BCUT2D eigenvalue weighted by Crippen LogP contribution is 2.27. The normalized spacial score (nSPS) is 19.5. The topological polar surface area (TPSA) is 97.7 Å². The molecule has 0 unspecified atom stereocenters. The molecule has 2 heterocycles. The average molecular weight is 267 g/mol. The van der Waals surface area contributed by atoms with Crippen LogP contribution in [0.2, 0.25) is 0 Å². The molecule has 1 saturated heterocycles. The van der Waals surface area contributed by atoms with Gasteiger partial charge in [0.25, 0.3) is 5.91 Å². The minimum absolute atomic E-state index is 0.261. The van der Waals surface area contributed by atoms with Gasteiger partial charge in [0.2, 0.25) is 0 Å². The second kappa shape index (κ2) is 5.05. The molecule has 2 rings (SSSR count). The number of carbonyl (C=O) groups excluding carboxylic acids is 1. The largest absolute Gasteiger partial charge is 0.433 e. The minimum atomic E-state index is -0.631. The van der Waals surface area contributed by atoms with Crippen LogP contribution in [0, 0.1) is 10.1 Å². The summed E-state index contributed by atoms with van der Waals surface area (Å²) in [6.45, 7) is 2.43. The Bertz CT molecular complexity index is 561. The molecule has 1 aliphatic heterocycles. The fourth-order valence-electron chi connectivity index (χ4n) is 1.29. The van der Waals surface area contributed by atoms with Gasteiger partial charge in [-0.3, -0.25) is 19.9 Å². The van der Waals surface area contributed by atoms with E-state index in [2.05, 4.69) is 10.3 Å². The highest BCUT2D eigenvalue weighted by Gasteiger charge is 2.24. The van der Waals surface area contributed by atoms with Crippen LogP contribution in [0.3, 0.4) is 0 Å². The molecule has 0 aromatic carbocycles. The number of nitrogens with zero attached hydrogens (tertiary/aromatic N) is 2. The summed E-state index contributed by atoms with van der Waals surface area (Å²) < 4.78 is 4.94. The van der Waals surface area contributed by atoms with E-state index in [0.29, 0.717) is 16.6 Å². The van der Waals surface area contributed by atoms with Crippen LogP contribution in [0.15, 0.2) is 26.4 Å². The van der Waals surface area contributed by atoms with Gasteiger partial charge in [-0.1, -0.05) is 0 Å². The monoisotopic (exact) mass is 267 g/mol. The summed E-state index contributed by atoms with van der Waals surface area (Å²) in [6, 6.07) is 2.68. The molecule has 18 heavy (non-hydrogen) atoms. The molecule has 0 aliphatic carbocycles. The van der Waals surface area contributed by atoms with Crippen molar-refractivity contribution in [3.05, 3.63) is 32.9 Å². The molecule has 7 nitrogen and oxygen atoms in total. The van der Waals surface area contributed by atoms with Gasteiger partial charge in [-0.2, -0.15) is 0 Å². The van der Waals surface area contributed by atoms with Gasteiger partial charge >= 0.3 is 5.88 Å². The first-order valence-electron chi connectivity index (χ1n) is 5.09. The van der Waals surface area contributed by atoms with E-state index in [1.807, 2.05) is 6.92 Å². The summed E-state index contributed by atoms with van der Waals surface area (Å²) in [6.07, 6.45) is 1.45. The van der Waals surface area contributed by atoms with Crippen LogP contribution in [0.25, 0.3) is 6.08 Å². The van der Waals surface area contributed by atoms with Crippen LogP contribution >= 0.6 is 11.8 Å². The van der Waals surface area contributed by atoms with Gasteiger partial charge in [0.05, 0.1) is 11.0 Å². The second-order valence-electron chi connectivity index (χ2n) is 3.28. The van der Waals surface area contributed by atoms with Crippen LogP contribution in [0.5, 0.6) is 0 Å². The van der Waals surface area contributed by atoms with E-state index in [0.717, 1.165) is 0 Å². The van der Waals surface area contributed by atoms with E-state index in [4.69, 9.17) is 4.42 Å². The summed E-state index contributed by atoms with van der Waals surface area (Å²) in [5.74, 6) is -0.379. The number of furan rings is 1. The van der Waals surface area contributed by atoms with Gasteiger partial charge < -0.3 is 9.73 Å². The number of amidine groups is 1. The first kappa shape index (κ1) is 12.4. The maximum Gasteiger partial charge on any atom is 0.433 e. The number of rotatable bonds is 3. The molecular weight excluding hydrogens is 258 g/mol. The lowest BCUT2D eigenvalue weighted by Crippen LogP contribution is -2.19. The lowest BCUT2D eigenvalue weighted by atomic mass is 10.4. The number of amides is 1. The van der Waals surface area contributed by atoms with Gasteiger partial charge in [0, 0.05) is 12.6 Å². The van der Waals surface area contributed by atoms with Crippen molar-refractivity contribution in [2.24, 2.45) is 4.99 Å². The highest BCUT2D eigenvalue weighted by molar-refractivity contribution is 8.18. The Morgan fingerprint density at radius 2 is 2.39 bits per heavy atom. The third kappa shape index (κ3) is 2.59. The van der Waals surface area contributed by atoms with E-state index in [1.54, 1.807) is 0 Å². The zero-order chi connectivity index (χ0) is 13.1. The SMILES string of the molecule is CCN=C1NC(=O)C(=Cc2ccc([N+](=O)[O-])o2)S1. The second-order valence-corrected chi connectivity index (χ2v) is 4.31. The summed E-state index contributed by atoms with van der Waals surface area (Å²) in [5, 5.41) is 13.5. The van der Waals surface area contributed by atoms with E-state index in [1.165, 1.54) is 30.0 Å². The Morgan fingerprint density at radius 1 is 1.61 bits per heavy atom. The van der Waals surface area contributed by atoms with E-state index < -0.39 is 4.92 Å². The van der Waals surface area contributed by atoms with Gasteiger partial charge in [-0.05, 0) is 24.8 Å². The maximum atomic E-state index is 11.5. The van der Waals surface area contributed by atoms with Crippen LogP contribution in [-0.4, -0.2) is 22.5 Å². The van der Waals surface area contributed by atoms with E-state index >= 15 is 0 Å². The maximum absolute atomic E-state index is 11.5. The smallest absolute Gasteiger partial charge is 0.401 e. The number of hydrogen-bond acceptors (Lipinski definition) is 6. The Morgan fingerprint density at radius 3 is 3.00 bits per heavy atom. The molecule has 1 aromatic rings. The van der Waals surface area contributed by atoms with Gasteiger partial charge in [0.15, 0.2) is 5.17 Å². The van der Waals surface area contributed by atoms with Crippen LogP contribution < -0.4 is 5.32 Å². The summed E-state index contributed by atoms with van der Waals surface area (Å²) >= 11 is 1.18. The van der Waals surface area contributed by atoms with Crippen molar-refractivity contribution in [2.45, 2.75) is 6.92 Å². The zero-order valence-electron chi connectivity index (χ0n) is 9.37. The van der Waals surface area contributed by atoms with Gasteiger partial charge in [0.1, 0.15) is 10.7 Å².